The standard InChI is InChI=1S/C15H21ClN2O2/c16-13-6-1-2-7-14(13)20-10-8-15(19)18-9-4-3-5-12(18)11-17/h1-2,6-7,12H,3-5,8-11,17H2. The highest BCUT2D eigenvalue weighted by molar-refractivity contribution is 6.32. The van der Waals surface area contributed by atoms with Crippen LogP contribution in [0, 0.1) is 0 Å². The van der Waals surface area contributed by atoms with Crippen molar-refractivity contribution in [2.24, 2.45) is 5.73 Å². The van der Waals surface area contributed by atoms with Gasteiger partial charge in [-0.3, -0.25) is 4.79 Å². The normalized spacial score (nSPS) is 18.9. The number of ether oxygens (including phenoxy) is 1. The molecule has 0 aliphatic carbocycles. The summed E-state index contributed by atoms with van der Waals surface area (Å²) in [5.41, 5.74) is 5.73. The number of piperidine rings is 1. The van der Waals surface area contributed by atoms with Gasteiger partial charge >= 0.3 is 0 Å². The van der Waals surface area contributed by atoms with Gasteiger partial charge in [0.2, 0.25) is 5.91 Å². The zero-order chi connectivity index (χ0) is 14.4. The van der Waals surface area contributed by atoms with Crippen molar-refractivity contribution in [2.45, 2.75) is 31.7 Å². The van der Waals surface area contributed by atoms with Crippen LogP contribution in [-0.2, 0) is 4.79 Å². The predicted molar refractivity (Wildman–Crippen MR) is 80.0 cm³/mol. The van der Waals surface area contributed by atoms with Crippen molar-refractivity contribution >= 4 is 17.5 Å². The zero-order valence-electron chi connectivity index (χ0n) is 11.6. The second-order valence-electron chi connectivity index (χ2n) is 5.00. The lowest BCUT2D eigenvalue weighted by Crippen LogP contribution is -2.47. The average molecular weight is 297 g/mol. The molecule has 1 heterocycles. The summed E-state index contributed by atoms with van der Waals surface area (Å²) in [7, 11) is 0. The van der Waals surface area contributed by atoms with Crippen LogP contribution < -0.4 is 10.5 Å². The first-order valence-electron chi connectivity index (χ1n) is 7.09. The maximum absolute atomic E-state index is 12.2. The molecule has 1 aliphatic rings. The Balaban J connectivity index is 1.81. The van der Waals surface area contributed by atoms with E-state index in [0.717, 1.165) is 25.8 Å². The summed E-state index contributed by atoms with van der Waals surface area (Å²) in [4.78, 5) is 14.1. The first kappa shape index (κ1) is 15.1. The number of likely N-dealkylation sites (tertiary alicyclic amines) is 1. The molecule has 2 rings (SSSR count). The second-order valence-corrected chi connectivity index (χ2v) is 5.41. The first-order valence-corrected chi connectivity index (χ1v) is 7.47. The zero-order valence-corrected chi connectivity index (χ0v) is 12.3. The molecular formula is C15H21ClN2O2. The highest BCUT2D eigenvalue weighted by atomic mass is 35.5. The van der Waals surface area contributed by atoms with E-state index in [1.165, 1.54) is 0 Å². The van der Waals surface area contributed by atoms with E-state index in [-0.39, 0.29) is 11.9 Å². The molecule has 5 heteroatoms. The molecule has 1 aromatic rings. The van der Waals surface area contributed by atoms with Crippen molar-refractivity contribution in [3.8, 4) is 5.75 Å². The maximum atomic E-state index is 12.2. The number of rotatable bonds is 5. The van der Waals surface area contributed by atoms with Crippen LogP contribution in [0.4, 0.5) is 0 Å². The third kappa shape index (κ3) is 3.87. The number of carbonyl (C=O) groups is 1. The highest BCUT2D eigenvalue weighted by Crippen LogP contribution is 2.23. The van der Waals surface area contributed by atoms with Crippen molar-refractivity contribution in [1.29, 1.82) is 0 Å². The molecule has 0 spiro atoms. The fourth-order valence-corrected chi connectivity index (χ4v) is 2.72. The minimum absolute atomic E-state index is 0.118. The van der Waals surface area contributed by atoms with Crippen LogP contribution in [0.3, 0.4) is 0 Å². The lowest BCUT2D eigenvalue weighted by molar-refractivity contribution is -0.135. The van der Waals surface area contributed by atoms with E-state index in [9.17, 15) is 4.79 Å². The van der Waals surface area contributed by atoms with Crippen molar-refractivity contribution in [3.05, 3.63) is 29.3 Å². The van der Waals surface area contributed by atoms with Crippen molar-refractivity contribution in [2.75, 3.05) is 19.7 Å². The van der Waals surface area contributed by atoms with E-state index in [4.69, 9.17) is 22.1 Å². The molecular weight excluding hydrogens is 276 g/mol. The van der Waals surface area contributed by atoms with Crippen LogP contribution in [0.5, 0.6) is 5.75 Å². The van der Waals surface area contributed by atoms with Crippen LogP contribution >= 0.6 is 11.6 Å². The predicted octanol–water partition coefficient (Wildman–Crippen LogP) is 2.45. The fourth-order valence-electron chi connectivity index (χ4n) is 2.53. The Morgan fingerprint density at radius 3 is 2.95 bits per heavy atom. The summed E-state index contributed by atoms with van der Waals surface area (Å²) in [6, 6.07) is 7.47. The van der Waals surface area contributed by atoms with Crippen LogP contribution in [0.2, 0.25) is 5.02 Å². The molecule has 0 bridgehead atoms. The largest absolute Gasteiger partial charge is 0.491 e. The van der Waals surface area contributed by atoms with Crippen LogP contribution in [0.1, 0.15) is 25.7 Å². The monoisotopic (exact) mass is 296 g/mol. The van der Waals surface area contributed by atoms with Gasteiger partial charge in [0.25, 0.3) is 0 Å². The van der Waals surface area contributed by atoms with Gasteiger partial charge in [-0.15, -0.1) is 0 Å². The molecule has 1 aromatic carbocycles. The van der Waals surface area contributed by atoms with E-state index in [2.05, 4.69) is 0 Å². The van der Waals surface area contributed by atoms with Gasteiger partial charge in [-0.05, 0) is 31.4 Å². The minimum atomic E-state index is 0.118. The van der Waals surface area contributed by atoms with E-state index < -0.39 is 0 Å². The molecule has 0 aromatic heterocycles. The number of para-hydroxylation sites is 1. The minimum Gasteiger partial charge on any atom is -0.491 e. The lowest BCUT2D eigenvalue weighted by Gasteiger charge is -2.35. The van der Waals surface area contributed by atoms with Gasteiger partial charge in [0.1, 0.15) is 5.75 Å². The maximum Gasteiger partial charge on any atom is 0.226 e. The van der Waals surface area contributed by atoms with Gasteiger partial charge < -0.3 is 15.4 Å². The second kappa shape index (κ2) is 7.50. The summed E-state index contributed by atoms with van der Waals surface area (Å²) in [6.45, 7) is 1.69. The van der Waals surface area contributed by atoms with Gasteiger partial charge in [-0.1, -0.05) is 23.7 Å². The number of nitrogens with two attached hydrogens (primary N) is 1. The molecule has 4 nitrogen and oxygen atoms in total. The highest BCUT2D eigenvalue weighted by Gasteiger charge is 2.25. The Kier molecular flexibility index (Phi) is 5.68. The number of amides is 1. The summed E-state index contributed by atoms with van der Waals surface area (Å²) in [5, 5.41) is 0.567. The van der Waals surface area contributed by atoms with Crippen LogP contribution in [0.25, 0.3) is 0 Å². The molecule has 20 heavy (non-hydrogen) atoms. The number of carbonyl (C=O) groups excluding carboxylic acids is 1. The third-order valence-corrected chi connectivity index (χ3v) is 3.94. The van der Waals surface area contributed by atoms with Crippen molar-refractivity contribution in [1.82, 2.24) is 4.90 Å². The Morgan fingerprint density at radius 1 is 1.40 bits per heavy atom. The number of nitrogens with zero attached hydrogens (tertiary/aromatic N) is 1. The van der Waals surface area contributed by atoms with E-state index >= 15 is 0 Å². The molecule has 1 amide bonds. The third-order valence-electron chi connectivity index (χ3n) is 3.63. The van der Waals surface area contributed by atoms with E-state index in [1.807, 2.05) is 17.0 Å². The topological polar surface area (TPSA) is 55.6 Å². The summed E-state index contributed by atoms with van der Waals surface area (Å²) >= 11 is 6.00. The summed E-state index contributed by atoms with van der Waals surface area (Å²) in [5.74, 6) is 0.739. The summed E-state index contributed by atoms with van der Waals surface area (Å²) in [6.07, 6.45) is 3.59. The molecule has 1 aliphatic heterocycles. The van der Waals surface area contributed by atoms with Gasteiger partial charge in [-0.2, -0.15) is 0 Å². The molecule has 1 fully saturated rings. The molecule has 1 unspecified atom stereocenters. The van der Waals surface area contributed by atoms with E-state index in [0.29, 0.717) is 30.3 Å². The number of hydrogen-bond acceptors (Lipinski definition) is 3. The summed E-state index contributed by atoms with van der Waals surface area (Å²) < 4.78 is 5.56. The molecule has 2 N–H and O–H groups in total. The SMILES string of the molecule is NCC1CCCCN1C(=O)CCOc1ccccc1Cl. The van der Waals surface area contributed by atoms with Gasteiger partial charge in [0, 0.05) is 19.1 Å². The smallest absolute Gasteiger partial charge is 0.226 e. The Hall–Kier alpha value is -1.26. The number of benzene rings is 1. The Labute approximate surface area is 124 Å². The Morgan fingerprint density at radius 2 is 2.20 bits per heavy atom. The van der Waals surface area contributed by atoms with Gasteiger partial charge in [-0.25, -0.2) is 0 Å². The fraction of sp³-hybridized carbons (Fsp3) is 0.533. The molecule has 1 saturated heterocycles. The molecule has 0 radical (unpaired) electrons. The molecule has 110 valence electrons. The van der Waals surface area contributed by atoms with E-state index in [1.54, 1.807) is 12.1 Å². The van der Waals surface area contributed by atoms with Gasteiger partial charge in [0.05, 0.1) is 18.1 Å². The van der Waals surface area contributed by atoms with Crippen molar-refractivity contribution < 1.29 is 9.53 Å². The lowest BCUT2D eigenvalue weighted by atomic mass is 10.0. The Bertz CT molecular complexity index is 453. The first-order chi connectivity index (χ1) is 9.72. The van der Waals surface area contributed by atoms with Crippen molar-refractivity contribution in [3.63, 3.8) is 0 Å². The van der Waals surface area contributed by atoms with Gasteiger partial charge in [0.15, 0.2) is 0 Å². The molecule has 0 saturated carbocycles. The number of halogens is 1. The number of hydrogen-bond donors (Lipinski definition) is 1. The molecule has 1 atom stereocenters. The average Bonchev–Trinajstić information content (AvgIpc) is 2.49. The quantitative estimate of drug-likeness (QED) is 0.908. The van der Waals surface area contributed by atoms with Crippen LogP contribution in [0.15, 0.2) is 24.3 Å². The van der Waals surface area contributed by atoms with Crippen LogP contribution in [-0.4, -0.2) is 36.5 Å².